The zero-order valence-electron chi connectivity index (χ0n) is 52.3. The highest BCUT2D eigenvalue weighted by molar-refractivity contribution is 7.99. The molecule has 5 aromatic rings. The van der Waals surface area contributed by atoms with Crippen LogP contribution in [-0.4, -0.2) is 198 Å². The lowest BCUT2D eigenvalue weighted by molar-refractivity contribution is -0.136. The van der Waals surface area contributed by atoms with Gasteiger partial charge in [-0.2, -0.15) is 13.2 Å². The minimum Gasteiger partial charge on any atom is -0.380 e. The Morgan fingerprint density at radius 1 is 0.723 bits per heavy atom. The molecule has 3 unspecified atom stereocenters. The Kier molecular flexibility index (Phi) is 18.4. The summed E-state index contributed by atoms with van der Waals surface area (Å²) in [5.74, 6) is -1.99. The summed E-state index contributed by atoms with van der Waals surface area (Å²) < 4.78 is 100. The van der Waals surface area contributed by atoms with Gasteiger partial charge >= 0.3 is 5.51 Å². The molecule has 8 aliphatic rings. The normalized spacial score (nSPS) is 23.1. The number of rotatable bonds is 20. The number of sulfone groups is 1. The van der Waals surface area contributed by atoms with Crippen LogP contribution in [0.1, 0.15) is 89.0 Å². The molecular weight excluding hydrogens is 1290 g/mol. The molecule has 13 rings (SSSR count). The van der Waals surface area contributed by atoms with Crippen LogP contribution in [0.3, 0.4) is 0 Å². The van der Waals surface area contributed by atoms with E-state index in [0.29, 0.717) is 53.7 Å². The van der Waals surface area contributed by atoms with Crippen molar-refractivity contribution in [2.45, 2.75) is 96.7 Å². The van der Waals surface area contributed by atoms with E-state index in [9.17, 15) is 54.0 Å². The standard InChI is InChI=1S/C68H76ClF3N10O9S3/c1-67(2)24-22-56(43-8-12-48(69)13-9-43)45(32-67)33-76-26-28-78(29-27-76)50-14-10-44(11-15-50)63(84)75-94(90,91)55-17-19-59(61(31-55)93(88,89)68(70,71)72)73-49(42-92-54-6-4-3-5-7-54)23-25-77-34-46-36-79(37-47(46)35-77)52-40-81(41-52)53-38-80(39-53)51-16-18-57-58(30-51)66(87)82(65(57)86)60-20-21-62(83)74-64(60)85/h3-19,30-31,46-47,49,52-53,60,73H,20-29,32-42H2,1-2H3,(H,75,84)(H,74,83,85)/t46?,47?,49-,60?/m1/s1. The average Bonchev–Trinajstić information content (AvgIpc) is 1.49. The number of amides is 5. The van der Waals surface area contributed by atoms with Gasteiger partial charge in [0.15, 0.2) is 0 Å². The van der Waals surface area contributed by atoms with Crippen molar-refractivity contribution in [1.82, 2.24) is 34.5 Å². The van der Waals surface area contributed by atoms with E-state index in [-0.39, 0.29) is 34.9 Å². The second-order valence-electron chi connectivity index (χ2n) is 27.1. The van der Waals surface area contributed by atoms with Crippen LogP contribution in [-0.2, 0) is 29.4 Å². The number of thioether (sulfide) groups is 1. The number of anilines is 3. The van der Waals surface area contributed by atoms with Crippen molar-refractivity contribution in [3.05, 3.63) is 148 Å². The Labute approximate surface area is 555 Å². The maximum Gasteiger partial charge on any atom is 0.501 e. The van der Waals surface area contributed by atoms with E-state index < -0.39 is 82.5 Å². The van der Waals surface area contributed by atoms with Crippen LogP contribution in [0.5, 0.6) is 0 Å². The summed E-state index contributed by atoms with van der Waals surface area (Å²) in [6.45, 7) is 16.0. The number of piperazine rings is 1. The van der Waals surface area contributed by atoms with Crippen LogP contribution in [0.4, 0.5) is 30.2 Å². The highest BCUT2D eigenvalue weighted by Crippen LogP contribution is 2.44. The van der Waals surface area contributed by atoms with Crippen LogP contribution >= 0.6 is 23.4 Å². The van der Waals surface area contributed by atoms with Gasteiger partial charge in [0.1, 0.15) is 10.9 Å². The van der Waals surface area contributed by atoms with Crippen LogP contribution in [0.25, 0.3) is 5.57 Å². The number of sulfonamides is 1. The molecule has 6 saturated heterocycles. The molecule has 26 heteroatoms. The summed E-state index contributed by atoms with van der Waals surface area (Å²) in [7, 11) is -11.0. The van der Waals surface area contributed by atoms with Crippen molar-refractivity contribution < 1.29 is 54.0 Å². The van der Waals surface area contributed by atoms with Gasteiger partial charge in [0.05, 0.1) is 21.7 Å². The number of benzene rings is 5. The monoisotopic (exact) mass is 1360 g/mol. The third kappa shape index (κ3) is 13.8. The number of carbonyl (C=O) groups excluding carboxylic acids is 5. The Balaban J connectivity index is 0.602. The van der Waals surface area contributed by atoms with Gasteiger partial charge in [0, 0.05) is 149 Å². The highest BCUT2D eigenvalue weighted by Gasteiger charge is 2.51. The smallest absolute Gasteiger partial charge is 0.380 e. The van der Waals surface area contributed by atoms with E-state index in [1.54, 1.807) is 24.3 Å². The number of fused-ring (bicyclic) bond motifs is 2. The van der Waals surface area contributed by atoms with E-state index in [1.807, 2.05) is 53.3 Å². The number of hydrogen-bond acceptors (Lipinski definition) is 17. The maximum atomic E-state index is 14.6. The SMILES string of the molecule is CC1(C)CCC(c2ccc(Cl)cc2)=C(CN2CCN(c3ccc(C(=O)NS(=O)(=O)c4ccc(N[C@H](CCN5CC6CN(C7CN(C8CN(c9ccc%10c(c9)C(=O)N(C9CCC(=O)NC9=O)C%10=O)C8)C7)CC6C5)CSc5ccccc5)c(S(=O)(=O)C(F)(F)F)c4)cc3)CC2)C1. The number of carbonyl (C=O) groups is 5. The van der Waals surface area contributed by atoms with Gasteiger partial charge in [-0.1, -0.05) is 61.4 Å². The number of hydrogen-bond donors (Lipinski definition) is 3. The van der Waals surface area contributed by atoms with Crippen molar-refractivity contribution in [1.29, 1.82) is 0 Å². The lowest BCUT2D eigenvalue weighted by Crippen LogP contribution is -2.69. The fourth-order valence-corrected chi connectivity index (χ4v) is 18.0. The number of piperidine rings is 1. The number of nitrogens with one attached hydrogen (secondary N) is 3. The fourth-order valence-electron chi connectivity index (χ4n) is 14.8. The molecule has 7 heterocycles. The molecule has 4 atom stereocenters. The number of nitrogens with zero attached hydrogens (tertiary/aromatic N) is 7. The molecule has 7 aliphatic heterocycles. The van der Waals surface area contributed by atoms with Crippen molar-refractivity contribution >= 4 is 95.4 Å². The first kappa shape index (κ1) is 65.8. The molecule has 5 amide bonds. The van der Waals surface area contributed by atoms with Crippen molar-refractivity contribution in [3.8, 4) is 0 Å². The van der Waals surface area contributed by atoms with Gasteiger partial charge in [-0.3, -0.25) is 48.9 Å². The molecule has 0 aromatic heterocycles. The zero-order valence-corrected chi connectivity index (χ0v) is 55.5. The summed E-state index contributed by atoms with van der Waals surface area (Å²) >= 11 is 7.68. The molecule has 498 valence electrons. The van der Waals surface area contributed by atoms with E-state index >= 15 is 0 Å². The number of allylic oxidation sites excluding steroid dienone is 1. The first-order valence-electron chi connectivity index (χ1n) is 32.2. The van der Waals surface area contributed by atoms with Crippen LogP contribution in [0, 0.1) is 17.3 Å². The quantitative estimate of drug-likeness (QED) is 0.0494. The molecule has 1 aliphatic carbocycles. The van der Waals surface area contributed by atoms with Crippen molar-refractivity contribution in [2.75, 3.05) is 112 Å². The molecule has 3 N–H and O–H groups in total. The first-order chi connectivity index (χ1) is 44.8. The third-order valence-corrected chi connectivity index (χ3v) is 24.5. The summed E-state index contributed by atoms with van der Waals surface area (Å²) in [5.41, 5.74) is 0.182. The van der Waals surface area contributed by atoms with Crippen LogP contribution in [0.2, 0.25) is 5.02 Å². The first-order valence-corrected chi connectivity index (χ1v) is 36.5. The van der Waals surface area contributed by atoms with E-state index in [4.69, 9.17) is 11.6 Å². The molecule has 19 nitrogen and oxygen atoms in total. The number of halogens is 4. The largest absolute Gasteiger partial charge is 0.501 e. The van der Waals surface area contributed by atoms with Gasteiger partial charge in [0.25, 0.3) is 37.6 Å². The van der Waals surface area contributed by atoms with Crippen LogP contribution in [0.15, 0.2) is 136 Å². The molecule has 5 aromatic carbocycles. The lowest BCUT2D eigenvalue weighted by atomic mass is 9.73. The van der Waals surface area contributed by atoms with E-state index in [2.05, 4.69) is 66.0 Å². The number of alkyl halides is 3. The molecular formula is C68H76ClF3N10O9S3. The predicted molar refractivity (Wildman–Crippen MR) is 354 cm³/mol. The Hall–Kier alpha value is -6.84. The van der Waals surface area contributed by atoms with Gasteiger partial charge in [0.2, 0.25) is 11.8 Å². The molecule has 0 spiro atoms. The maximum absolute atomic E-state index is 14.6. The zero-order chi connectivity index (χ0) is 66.0. The summed E-state index contributed by atoms with van der Waals surface area (Å²) in [6, 6.07) is 30.8. The second kappa shape index (κ2) is 26.3. The van der Waals surface area contributed by atoms with Crippen LogP contribution < -0.4 is 25.2 Å². The van der Waals surface area contributed by atoms with E-state index in [0.717, 1.165) is 138 Å². The van der Waals surface area contributed by atoms with Crippen molar-refractivity contribution in [3.63, 3.8) is 0 Å². The number of likely N-dealkylation sites (tertiary alicyclic amines) is 3. The topological polar surface area (TPSA) is 212 Å². The summed E-state index contributed by atoms with van der Waals surface area (Å²) in [4.78, 5) is 78.6. The van der Waals surface area contributed by atoms with Crippen molar-refractivity contribution in [2.24, 2.45) is 17.3 Å². The summed E-state index contributed by atoms with van der Waals surface area (Å²) in [5, 5.41) is 6.03. The van der Waals surface area contributed by atoms with Gasteiger partial charge in [-0.15, -0.1) is 11.8 Å². The minimum atomic E-state index is -6.13. The molecule has 0 saturated carbocycles. The van der Waals surface area contributed by atoms with Gasteiger partial charge in [-0.05, 0) is 145 Å². The average molecular weight is 1370 g/mol. The predicted octanol–water partition coefficient (Wildman–Crippen LogP) is 8.34. The molecule has 6 fully saturated rings. The molecule has 94 heavy (non-hydrogen) atoms. The third-order valence-electron chi connectivity index (χ3n) is 20.2. The summed E-state index contributed by atoms with van der Waals surface area (Å²) in [6.07, 6.45) is 3.69. The second-order valence-corrected chi connectivity index (χ2v) is 32.2. The van der Waals surface area contributed by atoms with Gasteiger partial charge in [-0.25, -0.2) is 21.6 Å². The Bertz CT molecular complexity index is 4020. The Morgan fingerprint density at radius 3 is 2.06 bits per heavy atom. The minimum absolute atomic E-state index is 0.0168. The van der Waals surface area contributed by atoms with Gasteiger partial charge < -0.3 is 20.0 Å². The Morgan fingerprint density at radius 2 is 1.38 bits per heavy atom. The lowest BCUT2D eigenvalue weighted by Gasteiger charge is -2.54. The van der Waals surface area contributed by atoms with E-state index in [1.165, 1.54) is 40.6 Å². The molecule has 0 bridgehead atoms. The molecule has 0 radical (unpaired) electrons. The fraction of sp³-hybridized carbons (Fsp3) is 0.456. The highest BCUT2D eigenvalue weighted by atomic mass is 35.5. The number of imide groups is 2.